The molecule has 126 valence electrons. The standard InChI is InChI=1S/C15H24N2O3S.ClH/c1-12-10-14(3)15(11-13(12)2)21(19,20)17-6-4-16(5-7-17)8-9-18;/h10-11,18H,4-9H2,1-3H3;1H. The molecule has 1 fully saturated rings. The number of rotatable bonds is 4. The first-order valence-electron chi connectivity index (χ1n) is 7.27. The van der Waals surface area contributed by atoms with Gasteiger partial charge in [0.05, 0.1) is 11.5 Å². The Balaban J connectivity index is 0.00000242. The van der Waals surface area contributed by atoms with E-state index < -0.39 is 10.0 Å². The molecule has 0 saturated carbocycles. The summed E-state index contributed by atoms with van der Waals surface area (Å²) < 4.78 is 27.1. The van der Waals surface area contributed by atoms with Gasteiger partial charge in [-0.25, -0.2) is 8.42 Å². The van der Waals surface area contributed by atoms with E-state index in [0.717, 1.165) is 16.7 Å². The van der Waals surface area contributed by atoms with Crippen molar-refractivity contribution in [1.29, 1.82) is 0 Å². The average molecular weight is 349 g/mol. The average Bonchev–Trinajstić information content (AvgIpc) is 2.43. The van der Waals surface area contributed by atoms with Crippen molar-refractivity contribution in [3.05, 3.63) is 28.8 Å². The zero-order valence-corrected chi connectivity index (χ0v) is 15.0. The molecule has 0 aliphatic carbocycles. The third-order valence-electron chi connectivity index (χ3n) is 4.16. The Morgan fingerprint density at radius 3 is 2.09 bits per heavy atom. The van der Waals surface area contributed by atoms with Crippen molar-refractivity contribution in [2.45, 2.75) is 25.7 Å². The number of aliphatic hydroxyl groups excluding tert-OH is 1. The summed E-state index contributed by atoms with van der Waals surface area (Å²) >= 11 is 0. The minimum atomic E-state index is -3.43. The summed E-state index contributed by atoms with van der Waals surface area (Å²) in [6.45, 7) is 8.80. The van der Waals surface area contributed by atoms with Crippen molar-refractivity contribution in [3.8, 4) is 0 Å². The van der Waals surface area contributed by atoms with E-state index in [0.29, 0.717) is 37.6 Å². The zero-order valence-electron chi connectivity index (χ0n) is 13.4. The molecule has 1 aromatic rings. The molecule has 1 aromatic carbocycles. The summed E-state index contributed by atoms with van der Waals surface area (Å²) in [6, 6.07) is 3.71. The van der Waals surface area contributed by atoms with Crippen LogP contribution in [0.4, 0.5) is 0 Å². The molecule has 0 aromatic heterocycles. The summed E-state index contributed by atoms with van der Waals surface area (Å²) in [5, 5.41) is 8.94. The topological polar surface area (TPSA) is 60.9 Å². The van der Waals surface area contributed by atoms with Crippen LogP contribution in [0.2, 0.25) is 0 Å². The Hall–Kier alpha value is -0.660. The molecule has 1 aliphatic rings. The highest BCUT2D eigenvalue weighted by molar-refractivity contribution is 7.89. The van der Waals surface area contributed by atoms with E-state index in [-0.39, 0.29) is 19.0 Å². The molecule has 1 aliphatic heterocycles. The number of nitrogens with zero attached hydrogens (tertiary/aromatic N) is 2. The Bertz CT molecular complexity index is 611. The second-order valence-corrected chi connectivity index (χ2v) is 7.58. The number of hydrogen-bond donors (Lipinski definition) is 1. The van der Waals surface area contributed by atoms with Gasteiger partial charge in [-0.2, -0.15) is 4.31 Å². The van der Waals surface area contributed by atoms with Gasteiger partial charge >= 0.3 is 0 Å². The van der Waals surface area contributed by atoms with Gasteiger partial charge in [0, 0.05) is 32.7 Å². The van der Waals surface area contributed by atoms with Crippen molar-refractivity contribution in [3.63, 3.8) is 0 Å². The van der Waals surface area contributed by atoms with Crippen LogP contribution in [0.25, 0.3) is 0 Å². The SMILES string of the molecule is Cc1cc(C)c(S(=O)(=O)N2CCN(CCO)CC2)cc1C.Cl. The Morgan fingerprint density at radius 2 is 1.55 bits per heavy atom. The van der Waals surface area contributed by atoms with Gasteiger partial charge in [0.15, 0.2) is 0 Å². The predicted octanol–water partition coefficient (Wildman–Crippen LogP) is 1.33. The first-order valence-corrected chi connectivity index (χ1v) is 8.71. The van der Waals surface area contributed by atoms with E-state index >= 15 is 0 Å². The summed E-state index contributed by atoms with van der Waals surface area (Å²) in [5.74, 6) is 0. The van der Waals surface area contributed by atoms with E-state index in [9.17, 15) is 8.42 Å². The minimum absolute atomic E-state index is 0. The number of β-amino-alcohol motifs (C(OH)–C–C–N with tert-alkyl or cyclic N) is 1. The van der Waals surface area contributed by atoms with Gasteiger partial charge in [0.1, 0.15) is 0 Å². The van der Waals surface area contributed by atoms with Crippen molar-refractivity contribution < 1.29 is 13.5 Å². The second-order valence-electron chi connectivity index (χ2n) is 5.67. The van der Waals surface area contributed by atoms with E-state index in [1.54, 1.807) is 10.4 Å². The van der Waals surface area contributed by atoms with Gasteiger partial charge in [0.2, 0.25) is 10.0 Å². The summed E-state index contributed by atoms with van der Waals surface area (Å²) in [6.07, 6.45) is 0. The second kappa shape index (κ2) is 7.75. The molecule has 22 heavy (non-hydrogen) atoms. The summed E-state index contributed by atoms with van der Waals surface area (Å²) in [4.78, 5) is 2.50. The highest BCUT2D eigenvalue weighted by Crippen LogP contribution is 2.24. The molecule has 7 heteroatoms. The van der Waals surface area contributed by atoms with Crippen LogP contribution >= 0.6 is 12.4 Å². The smallest absolute Gasteiger partial charge is 0.243 e. The lowest BCUT2D eigenvalue weighted by molar-refractivity contribution is 0.151. The Kier molecular flexibility index (Phi) is 6.83. The molecule has 1 heterocycles. The first kappa shape index (κ1) is 19.4. The third kappa shape index (κ3) is 4.00. The summed E-state index contributed by atoms with van der Waals surface area (Å²) in [5.41, 5.74) is 2.91. The van der Waals surface area contributed by atoms with Gasteiger partial charge in [-0.3, -0.25) is 4.90 Å². The molecule has 2 rings (SSSR count). The molecule has 1 N–H and O–H groups in total. The first-order chi connectivity index (χ1) is 9.86. The van der Waals surface area contributed by atoms with Crippen molar-refractivity contribution in [2.24, 2.45) is 0 Å². The van der Waals surface area contributed by atoms with Gasteiger partial charge in [-0.1, -0.05) is 6.07 Å². The molecule has 0 bridgehead atoms. The largest absolute Gasteiger partial charge is 0.395 e. The number of hydrogen-bond acceptors (Lipinski definition) is 4. The molecule has 0 spiro atoms. The van der Waals surface area contributed by atoms with Crippen LogP contribution < -0.4 is 0 Å². The molecule has 5 nitrogen and oxygen atoms in total. The lowest BCUT2D eigenvalue weighted by atomic mass is 10.1. The number of sulfonamides is 1. The lowest BCUT2D eigenvalue weighted by Gasteiger charge is -2.33. The maximum Gasteiger partial charge on any atom is 0.243 e. The quantitative estimate of drug-likeness (QED) is 0.891. The van der Waals surface area contributed by atoms with Crippen molar-refractivity contribution in [2.75, 3.05) is 39.3 Å². The number of aliphatic hydroxyl groups is 1. The van der Waals surface area contributed by atoms with Crippen LogP contribution in [0.1, 0.15) is 16.7 Å². The number of aryl methyl sites for hydroxylation is 3. The zero-order chi connectivity index (χ0) is 15.6. The molecular formula is C15H25ClN2O3S. The monoisotopic (exact) mass is 348 g/mol. The number of halogens is 1. The molecule has 1 saturated heterocycles. The van der Waals surface area contributed by atoms with Crippen molar-refractivity contribution in [1.82, 2.24) is 9.21 Å². The normalized spacial score (nSPS) is 17.3. The van der Waals surface area contributed by atoms with Gasteiger partial charge in [-0.05, 0) is 43.5 Å². The lowest BCUT2D eigenvalue weighted by Crippen LogP contribution is -2.49. The molecule has 0 amide bonds. The highest BCUT2D eigenvalue weighted by Gasteiger charge is 2.29. The van der Waals surface area contributed by atoms with E-state index in [2.05, 4.69) is 4.90 Å². The third-order valence-corrected chi connectivity index (χ3v) is 6.20. The summed E-state index contributed by atoms with van der Waals surface area (Å²) in [7, 11) is -3.43. The van der Waals surface area contributed by atoms with Gasteiger partial charge in [-0.15, -0.1) is 12.4 Å². The van der Waals surface area contributed by atoms with Crippen LogP contribution in [0.15, 0.2) is 17.0 Å². The molecule has 0 atom stereocenters. The fraction of sp³-hybridized carbons (Fsp3) is 0.600. The van der Waals surface area contributed by atoms with E-state index in [1.807, 2.05) is 26.8 Å². The van der Waals surface area contributed by atoms with Gasteiger partial charge < -0.3 is 5.11 Å². The Morgan fingerprint density at radius 1 is 1.00 bits per heavy atom. The molecular weight excluding hydrogens is 324 g/mol. The number of piperazine rings is 1. The van der Waals surface area contributed by atoms with Gasteiger partial charge in [0.25, 0.3) is 0 Å². The van der Waals surface area contributed by atoms with Crippen LogP contribution in [0, 0.1) is 20.8 Å². The van der Waals surface area contributed by atoms with E-state index in [1.165, 1.54) is 0 Å². The maximum absolute atomic E-state index is 12.8. The van der Waals surface area contributed by atoms with Crippen LogP contribution in [-0.2, 0) is 10.0 Å². The predicted molar refractivity (Wildman–Crippen MR) is 90.2 cm³/mol. The van der Waals surface area contributed by atoms with Crippen molar-refractivity contribution >= 4 is 22.4 Å². The van der Waals surface area contributed by atoms with Crippen LogP contribution in [0.3, 0.4) is 0 Å². The number of benzene rings is 1. The maximum atomic E-state index is 12.8. The van der Waals surface area contributed by atoms with Crippen LogP contribution in [-0.4, -0.2) is 62.1 Å². The highest BCUT2D eigenvalue weighted by atomic mass is 35.5. The van der Waals surface area contributed by atoms with E-state index in [4.69, 9.17) is 5.11 Å². The fourth-order valence-corrected chi connectivity index (χ4v) is 4.40. The van der Waals surface area contributed by atoms with Crippen LogP contribution in [0.5, 0.6) is 0 Å². The minimum Gasteiger partial charge on any atom is -0.395 e. The molecule has 0 radical (unpaired) electrons. The Labute approximate surface area is 139 Å². The molecule has 0 unspecified atom stereocenters. The fourth-order valence-electron chi connectivity index (χ4n) is 2.69.